The minimum Gasteiger partial charge on any atom is -0.478 e. The quantitative estimate of drug-likeness (QED) is 0.905. The summed E-state index contributed by atoms with van der Waals surface area (Å²) in [6.45, 7) is 1.31. The van der Waals surface area contributed by atoms with Gasteiger partial charge in [-0.2, -0.15) is 0 Å². The molecule has 18 heavy (non-hydrogen) atoms. The SMILES string of the molecule is O=C(O)c1cccn2c(C3CCOC3)nc(Cl)c12. The number of fused-ring (bicyclic) bond motifs is 1. The highest BCUT2D eigenvalue weighted by Gasteiger charge is 2.25. The molecule has 2 aromatic rings. The summed E-state index contributed by atoms with van der Waals surface area (Å²) in [5.74, 6) is -0.0544. The molecule has 1 atom stereocenters. The van der Waals surface area contributed by atoms with Crippen LogP contribution in [0, 0.1) is 0 Å². The van der Waals surface area contributed by atoms with Crippen molar-refractivity contribution < 1.29 is 14.6 Å². The topological polar surface area (TPSA) is 63.8 Å². The zero-order valence-electron chi connectivity index (χ0n) is 9.47. The molecule has 0 aliphatic carbocycles. The maximum Gasteiger partial charge on any atom is 0.337 e. The summed E-state index contributed by atoms with van der Waals surface area (Å²) in [6, 6.07) is 3.22. The van der Waals surface area contributed by atoms with Gasteiger partial charge in [0.25, 0.3) is 0 Å². The van der Waals surface area contributed by atoms with E-state index in [9.17, 15) is 4.79 Å². The molecule has 3 rings (SSSR count). The normalized spacial score (nSPS) is 19.5. The van der Waals surface area contributed by atoms with E-state index in [1.54, 1.807) is 16.7 Å². The number of imidazole rings is 1. The third kappa shape index (κ3) is 1.67. The molecule has 6 heteroatoms. The largest absolute Gasteiger partial charge is 0.478 e. The Hall–Kier alpha value is -1.59. The van der Waals surface area contributed by atoms with Gasteiger partial charge in [-0.3, -0.25) is 0 Å². The van der Waals surface area contributed by atoms with Crippen molar-refractivity contribution in [1.29, 1.82) is 0 Å². The van der Waals surface area contributed by atoms with Crippen molar-refractivity contribution in [2.75, 3.05) is 13.2 Å². The van der Waals surface area contributed by atoms with Crippen LogP contribution in [0.1, 0.15) is 28.5 Å². The first-order chi connectivity index (χ1) is 8.68. The number of halogens is 1. The number of nitrogens with zero attached hydrogens (tertiary/aromatic N) is 2. The summed E-state index contributed by atoms with van der Waals surface area (Å²) < 4.78 is 7.09. The zero-order chi connectivity index (χ0) is 12.7. The Morgan fingerprint density at radius 2 is 2.44 bits per heavy atom. The summed E-state index contributed by atoms with van der Waals surface area (Å²) in [5.41, 5.74) is 0.619. The number of rotatable bonds is 2. The first-order valence-electron chi connectivity index (χ1n) is 5.66. The second-order valence-corrected chi connectivity index (χ2v) is 4.62. The Kier molecular flexibility index (Phi) is 2.72. The van der Waals surface area contributed by atoms with Gasteiger partial charge in [-0.15, -0.1) is 0 Å². The smallest absolute Gasteiger partial charge is 0.337 e. The molecule has 0 amide bonds. The zero-order valence-corrected chi connectivity index (χ0v) is 10.2. The van der Waals surface area contributed by atoms with Gasteiger partial charge in [-0.1, -0.05) is 11.6 Å². The average Bonchev–Trinajstić information content (AvgIpc) is 2.97. The second kappa shape index (κ2) is 4.26. The fraction of sp³-hybridized carbons (Fsp3) is 0.333. The van der Waals surface area contributed by atoms with Crippen molar-refractivity contribution in [3.05, 3.63) is 34.9 Å². The molecule has 1 aliphatic heterocycles. The van der Waals surface area contributed by atoms with E-state index in [-0.39, 0.29) is 16.6 Å². The minimum atomic E-state index is -1.00. The fourth-order valence-electron chi connectivity index (χ4n) is 2.32. The molecule has 1 N–H and O–H groups in total. The second-order valence-electron chi connectivity index (χ2n) is 4.27. The Labute approximate surface area is 108 Å². The summed E-state index contributed by atoms with van der Waals surface area (Å²) in [7, 11) is 0. The molecule has 5 nitrogen and oxygen atoms in total. The van der Waals surface area contributed by atoms with E-state index in [0.29, 0.717) is 18.7 Å². The van der Waals surface area contributed by atoms with Crippen LogP contribution < -0.4 is 0 Å². The van der Waals surface area contributed by atoms with E-state index in [1.807, 2.05) is 0 Å². The number of aromatic nitrogens is 2. The molecule has 2 aromatic heterocycles. The molecule has 1 fully saturated rings. The van der Waals surface area contributed by atoms with Gasteiger partial charge in [0, 0.05) is 18.7 Å². The molecule has 94 valence electrons. The minimum absolute atomic E-state index is 0.167. The van der Waals surface area contributed by atoms with Gasteiger partial charge in [-0.25, -0.2) is 9.78 Å². The van der Waals surface area contributed by atoms with Gasteiger partial charge in [0.05, 0.1) is 17.7 Å². The molecule has 0 aromatic carbocycles. The molecule has 1 saturated heterocycles. The Morgan fingerprint density at radius 3 is 3.11 bits per heavy atom. The van der Waals surface area contributed by atoms with Crippen LogP contribution in [0.4, 0.5) is 0 Å². The Bertz CT molecular complexity index is 617. The van der Waals surface area contributed by atoms with Crippen LogP contribution in [0.3, 0.4) is 0 Å². The highest BCUT2D eigenvalue weighted by molar-refractivity contribution is 6.33. The van der Waals surface area contributed by atoms with E-state index < -0.39 is 5.97 Å². The number of carboxylic acid groups (broad SMARTS) is 1. The number of pyridine rings is 1. The summed E-state index contributed by atoms with van der Waals surface area (Å²) >= 11 is 6.07. The lowest BCUT2D eigenvalue weighted by Gasteiger charge is -2.06. The van der Waals surface area contributed by atoms with Crippen molar-refractivity contribution in [2.45, 2.75) is 12.3 Å². The van der Waals surface area contributed by atoms with Crippen molar-refractivity contribution in [1.82, 2.24) is 9.38 Å². The van der Waals surface area contributed by atoms with Crippen LogP contribution in [0.5, 0.6) is 0 Å². The van der Waals surface area contributed by atoms with Crippen molar-refractivity contribution in [3.63, 3.8) is 0 Å². The standard InChI is InChI=1S/C12H11ClN2O3/c13-10-9-8(12(16)17)2-1-4-15(9)11(14-10)7-3-5-18-6-7/h1-2,4,7H,3,5-6H2,(H,16,17). The Morgan fingerprint density at radius 1 is 1.61 bits per heavy atom. The van der Waals surface area contributed by atoms with Crippen molar-refractivity contribution >= 4 is 23.1 Å². The first kappa shape index (κ1) is 11.5. The molecule has 0 radical (unpaired) electrons. The summed E-state index contributed by atoms with van der Waals surface area (Å²) in [5, 5.41) is 9.39. The van der Waals surface area contributed by atoms with Crippen LogP contribution in [0.15, 0.2) is 18.3 Å². The van der Waals surface area contributed by atoms with E-state index in [2.05, 4.69) is 4.98 Å². The van der Waals surface area contributed by atoms with Gasteiger partial charge in [-0.05, 0) is 18.6 Å². The van der Waals surface area contributed by atoms with Gasteiger partial charge >= 0.3 is 5.97 Å². The fourth-order valence-corrected chi connectivity index (χ4v) is 2.60. The maximum atomic E-state index is 11.2. The van der Waals surface area contributed by atoms with E-state index >= 15 is 0 Å². The molecule has 0 bridgehead atoms. The molecular formula is C12H11ClN2O3. The van der Waals surface area contributed by atoms with E-state index in [4.69, 9.17) is 21.4 Å². The highest BCUT2D eigenvalue weighted by Crippen LogP contribution is 2.30. The maximum absolute atomic E-state index is 11.2. The third-order valence-electron chi connectivity index (χ3n) is 3.17. The Balaban J connectivity index is 2.23. The number of ether oxygens (including phenoxy) is 1. The monoisotopic (exact) mass is 266 g/mol. The predicted octanol–water partition coefficient (Wildman–Crippen LogP) is 2.19. The van der Waals surface area contributed by atoms with Gasteiger partial charge < -0.3 is 14.2 Å². The summed E-state index contributed by atoms with van der Waals surface area (Å²) in [6.07, 6.45) is 2.67. The van der Waals surface area contributed by atoms with Crippen LogP contribution in [-0.4, -0.2) is 33.7 Å². The number of carboxylic acids is 1. The summed E-state index contributed by atoms with van der Waals surface area (Å²) in [4.78, 5) is 15.5. The highest BCUT2D eigenvalue weighted by atomic mass is 35.5. The number of hydrogen-bond acceptors (Lipinski definition) is 3. The van der Waals surface area contributed by atoms with Crippen LogP contribution in [0.2, 0.25) is 5.15 Å². The van der Waals surface area contributed by atoms with Crippen LogP contribution in [-0.2, 0) is 4.74 Å². The van der Waals surface area contributed by atoms with Gasteiger partial charge in [0.2, 0.25) is 0 Å². The van der Waals surface area contributed by atoms with Gasteiger partial charge in [0.15, 0.2) is 5.15 Å². The molecule has 0 saturated carbocycles. The van der Waals surface area contributed by atoms with Gasteiger partial charge in [0.1, 0.15) is 5.82 Å². The predicted molar refractivity (Wildman–Crippen MR) is 65.3 cm³/mol. The first-order valence-corrected chi connectivity index (χ1v) is 6.04. The molecule has 0 spiro atoms. The lowest BCUT2D eigenvalue weighted by Crippen LogP contribution is -2.05. The molecule has 3 heterocycles. The third-order valence-corrected chi connectivity index (χ3v) is 3.44. The number of carbonyl (C=O) groups is 1. The lowest BCUT2D eigenvalue weighted by atomic mass is 10.1. The van der Waals surface area contributed by atoms with E-state index in [0.717, 1.165) is 12.2 Å². The van der Waals surface area contributed by atoms with Crippen molar-refractivity contribution in [2.24, 2.45) is 0 Å². The van der Waals surface area contributed by atoms with Crippen molar-refractivity contribution in [3.8, 4) is 0 Å². The number of hydrogen-bond donors (Lipinski definition) is 1. The molecule has 1 unspecified atom stereocenters. The van der Waals surface area contributed by atoms with Crippen LogP contribution >= 0.6 is 11.6 Å². The molecular weight excluding hydrogens is 256 g/mol. The number of aromatic carboxylic acids is 1. The molecule has 1 aliphatic rings. The van der Waals surface area contributed by atoms with Crippen LogP contribution in [0.25, 0.3) is 5.52 Å². The lowest BCUT2D eigenvalue weighted by molar-refractivity contribution is 0.0698. The average molecular weight is 267 g/mol. The van der Waals surface area contributed by atoms with E-state index in [1.165, 1.54) is 6.07 Å².